The van der Waals surface area contributed by atoms with Gasteiger partial charge in [0, 0.05) is 0 Å². The lowest BCUT2D eigenvalue weighted by molar-refractivity contribution is -0.145. The van der Waals surface area contributed by atoms with E-state index in [-0.39, 0.29) is 5.92 Å². The molecule has 0 aliphatic heterocycles. The maximum absolute atomic E-state index is 12.7. The van der Waals surface area contributed by atoms with E-state index in [1.54, 1.807) is 6.92 Å². The lowest BCUT2D eigenvalue weighted by Crippen LogP contribution is -2.58. The van der Waals surface area contributed by atoms with Crippen molar-refractivity contribution in [3.05, 3.63) is 0 Å². The lowest BCUT2D eigenvalue weighted by Gasteiger charge is -2.27. The first-order valence-corrected chi connectivity index (χ1v) is 10.2. The van der Waals surface area contributed by atoms with Crippen LogP contribution < -0.4 is 27.4 Å². The molecule has 3 amide bonds. The van der Waals surface area contributed by atoms with E-state index in [2.05, 4.69) is 16.0 Å². The number of hydrogen-bond acceptors (Lipinski definition) is 7. The number of aliphatic hydroxyl groups is 1. The fourth-order valence-electron chi connectivity index (χ4n) is 2.64. The third kappa shape index (κ3) is 9.51. The van der Waals surface area contributed by atoms with Gasteiger partial charge in [0.05, 0.1) is 12.1 Å². The number of aliphatic hydroxyl groups excluding tert-OH is 1. The van der Waals surface area contributed by atoms with Crippen molar-refractivity contribution in [1.29, 1.82) is 0 Å². The fourth-order valence-corrected chi connectivity index (χ4v) is 2.64. The lowest BCUT2D eigenvalue weighted by atomic mass is 9.97. The normalized spacial score (nSPS) is 17.0. The van der Waals surface area contributed by atoms with Crippen LogP contribution >= 0.6 is 0 Å². The molecule has 0 radical (unpaired) electrons. The molecule has 9 N–H and O–H groups in total. The Hall–Kier alpha value is -2.24. The second-order valence-electron chi connectivity index (χ2n) is 7.56. The van der Waals surface area contributed by atoms with Gasteiger partial charge in [-0.05, 0) is 39.2 Å². The summed E-state index contributed by atoms with van der Waals surface area (Å²) < 4.78 is 0. The minimum Gasteiger partial charge on any atom is -0.480 e. The molecule has 0 aliphatic carbocycles. The van der Waals surface area contributed by atoms with Crippen LogP contribution in [0.1, 0.15) is 53.4 Å². The molecular formula is C19H37N5O6. The maximum Gasteiger partial charge on any atom is 0.328 e. The summed E-state index contributed by atoms with van der Waals surface area (Å²) in [5.74, 6) is -3.46. The summed E-state index contributed by atoms with van der Waals surface area (Å²) in [5.41, 5.74) is 11.3. The third-order valence-corrected chi connectivity index (χ3v) is 4.90. The molecule has 0 aliphatic rings. The Morgan fingerprint density at radius 2 is 1.47 bits per heavy atom. The number of aliphatic carboxylic acids is 1. The van der Waals surface area contributed by atoms with Crippen molar-refractivity contribution in [2.45, 2.75) is 83.6 Å². The molecule has 0 fully saturated rings. The van der Waals surface area contributed by atoms with E-state index in [9.17, 15) is 24.3 Å². The van der Waals surface area contributed by atoms with Crippen molar-refractivity contribution in [2.75, 3.05) is 6.54 Å². The molecule has 0 aromatic rings. The predicted molar refractivity (Wildman–Crippen MR) is 111 cm³/mol. The molecule has 0 aromatic heterocycles. The van der Waals surface area contributed by atoms with Crippen molar-refractivity contribution < 1.29 is 29.4 Å². The number of carbonyl (C=O) groups excluding carboxylic acids is 3. The van der Waals surface area contributed by atoms with E-state index in [1.807, 2.05) is 6.92 Å². The number of hydrogen-bond donors (Lipinski definition) is 7. The molecule has 11 nitrogen and oxygen atoms in total. The standard InChI is InChI=1S/C19H37N5O6/c1-5-10(2)14(23-17(27)13(21)8-6-7-9-20)18(28)22-11(3)16(26)24-15(12(4)25)19(29)30/h10-15,25H,5-9,20-21H2,1-4H3,(H,22,28)(H,23,27)(H,24,26)(H,29,30). The molecule has 174 valence electrons. The van der Waals surface area contributed by atoms with E-state index < -0.39 is 54.0 Å². The SMILES string of the molecule is CCC(C)C(NC(=O)C(N)CCCCN)C(=O)NC(C)C(=O)NC(C(=O)O)C(C)O. The Balaban J connectivity index is 5.04. The van der Waals surface area contributed by atoms with Crippen LogP contribution in [0.15, 0.2) is 0 Å². The summed E-state index contributed by atoms with van der Waals surface area (Å²) in [6, 6.07) is -4.28. The van der Waals surface area contributed by atoms with E-state index in [4.69, 9.17) is 16.6 Å². The van der Waals surface area contributed by atoms with Crippen LogP contribution in [-0.2, 0) is 19.2 Å². The molecule has 0 aromatic carbocycles. The second kappa shape index (κ2) is 13.9. The molecule has 0 bridgehead atoms. The van der Waals surface area contributed by atoms with Crippen molar-refractivity contribution in [1.82, 2.24) is 16.0 Å². The van der Waals surface area contributed by atoms with Crippen LogP contribution in [0.3, 0.4) is 0 Å². The molecule has 0 saturated heterocycles. The Kier molecular flexibility index (Phi) is 12.8. The van der Waals surface area contributed by atoms with Gasteiger partial charge in [0.15, 0.2) is 6.04 Å². The molecule has 6 atom stereocenters. The highest BCUT2D eigenvalue weighted by molar-refractivity contribution is 5.94. The van der Waals surface area contributed by atoms with Gasteiger partial charge in [-0.25, -0.2) is 4.79 Å². The van der Waals surface area contributed by atoms with Gasteiger partial charge in [0.25, 0.3) is 0 Å². The quantitative estimate of drug-likeness (QED) is 0.160. The summed E-state index contributed by atoms with van der Waals surface area (Å²) >= 11 is 0. The Labute approximate surface area is 177 Å². The van der Waals surface area contributed by atoms with Gasteiger partial charge in [-0.15, -0.1) is 0 Å². The zero-order chi connectivity index (χ0) is 23.4. The summed E-state index contributed by atoms with van der Waals surface area (Å²) in [6.45, 7) is 6.75. The number of amides is 3. The largest absolute Gasteiger partial charge is 0.480 e. The molecule has 30 heavy (non-hydrogen) atoms. The minimum absolute atomic E-state index is 0.232. The number of carbonyl (C=O) groups is 4. The highest BCUT2D eigenvalue weighted by Gasteiger charge is 2.31. The van der Waals surface area contributed by atoms with Crippen molar-refractivity contribution in [3.63, 3.8) is 0 Å². The first-order valence-electron chi connectivity index (χ1n) is 10.2. The van der Waals surface area contributed by atoms with Crippen molar-refractivity contribution in [2.24, 2.45) is 17.4 Å². The second-order valence-corrected chi connectivity index (χ2v) is 7.56. The zero-order valence-corrected chi connectivity index (χ0v) is 18.2. The summed E-state index contributed by atoms with van der Waals surface area (Å²) in [4.78, 5) is 48.4. The maximum atomic E-state index is 12.7. The number of carboxylic acids is 1. The highest BCUT2D eigenvalue weighted by Crippen LogP contribution is 2.10. The topological polar surface area (TPSA) is 197 Å². The first-order chi connectivity index (χ1) is 14.0. The Morgan fingerprint density at radius 3 is 1.93 bits per heavy atom. The highest BCUT2D eigenvalue weighted by atomic mass is 16.4. The smallest absolute Gasteiger partial charge is 0.328 e. The van der Waals surface area contributed by atoms with Crippen LogP contribution in [0.5, 0.6) is 0 Å². The Bertz CT molecular complexity index is 586. The fraction of sp³-hybridized carbons (Fsp3) is 0.789. The zero-order valence-electron chi connectivity index (χ0n) is 18.2. The molecule has 6 unspecified atom stereocenters. The number of nitrogens with two attached hydrogens (primary N) is 2. The van der Waals surface area contributed by atoms with Crippen molar-refractivity contribution >= 4 is 23.7 Å². The third-order valence-electron chi connectivity index (χ3n) is 4.90. The van der Waals surface area contributed by atoms with Crippen LogP contribution in [-0.4, -0.2) is 70.7 Å². The van der Waals surface area contributed by atoms with E-state index in [0.29, 0.717) is 25.8 Å². The van der Waals surface area contributed by atoms with Crippen LogP contribution in [0.25, 0.3) is 0 Å². The van der Waals surface area contributed by atoms with Gasteiger partial charge in [-0.2, -0.15) is 0 Å². The molecule has 0 saturated carbocycles. The van der Waals surface area contributed by atoms with Gasteiger partial charge < -0.3 is 37.6 Å². The number of unbranched alkanes of at least 4 members (excludes halogenated alkanes) is 1. The summed E-state index contributed by atoms with van der Waals surface area (Å²) in [7, 11) is 0. The number of rotatable bonds is 14. The van der Waals surface area contributed by atoms with E-state index in [1.165, 1.54) is 13.8 Å². The number of carboxylic acid groups (broad SMARTS) is 1. The van der Waals surface area contributed by atoms with E-state index in [0.717, 1.165) is 6.42 Å². The molecule has 11 heteroatoms. The van der Waals surface area contributed by atoms with Crippen LogP contribution in [0.2, 0.25) is 0 Å². The average Bonchev–Trinajstić information content (AvgIpc) is 2.68. The van der Waals surface area contributed by atoms with Gasteiger partial charge in [0.2, 0.25) is 17.7 Å². The molecule has 0 spiro atoms. The van der Waals surface area contributed by atoms with E-state index >= 15 is 0 Å². The van der Waals surface area contributed by atoms with Gasteiger partial charge >= 0.3 is 5.97 Å². The number of nitrogens with one attached hydrogen (secondary N) is 3. The summed E-state index contributed by atoms with van der Waals surface area (Å²) in [6.07, 6.45) is 1.14. The average molecular weight is 432 g/mol. The van der Waals surface area contributed by atoms with Crippen molar-refractivity contribution in [3.8, 4) is 0 Å². The van der Waals surface area contributed by atoms with Crippen LogP contribution in [0, 0.1) is 5.92 Å². The van der Waals surface area contributed by atoms with Gasteiger partial charge in [-0.3, -0.25) is 14.4 Å². The molecular weight excluding hydrogens is 394 g/mol. The Morgan fingerprint density at radius 1 is 0.900 bits per heavy atom. The van der Waals surface area contributed by atoms with Crippen LogP contribution in [0.4, 0.5) is 0 Å². The monoisotopic (exact) mass is 431 g/mol. The minimum atomic E-state index is -1.51. The molecule has 0 rings (SSSR count). The predicted octanol–water partition coefficient (Wildman–Crippen LogP) is -1.57. The summed E-state index contributed by atoms with van der Waals surface area (Å²) in [5, 5.41) is 25.8. The first kappa shape index (κ1) is 27.8. The van der Waals surface area contributed by atoms with Gasteiger partial charge in [-0.1, -0.05) is 26.7 Å². The molecule has 0 heterocycles. The van der Waals surface area contributed by atoms with Gasteiger partial charge in [0.1, 0.15) is 12.1 Å².